The number of aryl methyl sites for hydroxylation is 3. The Balaban J connectivity index is 1.66. The van der Waals surface area contributed by atoms with Crippen LogP contribution in [0.15, 0.2) is 73.3 Å². The van der Waals surface area contributed by atoms with Gasteiger partial charge in [0.05, 0.1) is 6.33 Å². The smallest absolute Gasteiger partial charge is 0.0945 e. The summed E-state index contributed by atoms with van der Waals surface area (Å²) < 4.78 is 2.18. The third kappa shape index (κ3) is 5.47. The first kappa shape index (κ1) is 18.7. The van der Waals surface area contributed by atoms with Gasteiger partial charge >= 0.3 is 0 Å². The Morgan fingerprint density at radius 3 is 2.38 bits per heavy atom. The molecule has 26 heavy (non-hydrogen) atoms. The van der Waals surface area contributed by atoms with E-state index in [-0.39, 0.29) is 5.41 Å². The molecule has 0 aliphatic heterocycles. The van der Waals surface area contributed by atoms with Crippen LogP contribution in [0.4, 0.5) is 0 Å². The third-order valence-corrected chi connectivity index (χ3v) is 5.72. The van der Waals surface area contributed by atoms with Crippen LogP contribution in [0.3, 0.4) is 0 Å². The van der Waals surface area contributed by atoms with Gasteiger partial charge in [0.2, 0.25) is 0 Å². The van der Waals surface area contributed by atoms with Gasteiger partial charge in [-0.15, -0.1) is 0 Å². The lowest BCUT2D eigenvalue weighted by Crippen LogP contribution is -2.21. The van der Waals surface area contributed by atoms with E-state index in [1.807, 2.05) is 30.9 Å². The van der Waals surface area contributed by atoms with E-state index in [1.54, 1.807) is 0 Å². The van der Waals surface area contributed by atoms with Gasteiger partial charge in [-0.3, -0.25) is 0 Å². The molecule has 136 valence electrons. The SMILES string of the molecule is CC(CCc1ccccc1)(CCc1ccccc1Cl)CCn1ccnc1. The Morgan fingerprint density at radius 2 is 1.65 bits per heavy atom. The molecule has 0 saturated heterocycles. The molecule has 3 rings (SSSR count). The van der Waals surface area contributed by atoms with Gasteiger partial charge in [0, 0.05) is 24.0 Å². The second-order valence-corrected chi connectivity index (χ2v) is 7.85. The monoisotopic (exact) mass is 366 g/mol. The second-order valence-electron chi connectivity index (χ2n) is 7.44. The van der Waals surface area contributed by atoms with Gasteiger partial charge in [-0.2, -0.15) is 0 Å². The minimum absolute atomic E-state index is 0.263. The summed E-state index contributed by atoms with van der Waals surface area (Å²) >= 11 is 6.37. The first-order valence-electron chi connectivity index (χ1n) is 9.38. The molecule has 1 atom stereocenters. The van der Waals surface area contributed by atoms with Crippen molar-refractivity contribution in [1.29, 1.82) is 0 Å². The van der Waals surface area contributed by atoms with Gasteiger partial charge in [-0.25, -0.2) is 4.98 Å². The summed E-state index contributed by atoms with van der Waals surface area (Å²) in [7, 11) is 0. The van der Waals surface area contributed by atoms with E-state index in [0.717, 1.165) is 37.3 Å². The van der Waals surface area contributed by atoms with E-state index in [9.17, 15) is 0 Å². The minimum Gasteiger partial charge on any atom is -0.337 e. The fourth-order valence-corrected chi connectivity index (χ4v) is 3.65. The molecule has 0 saturated carbocycles. The molecule has 2 nitrogen and oxygen atoms in total. The lowest BCUT2D eigenvalue weighted by atomic mass is 9.76. The van der Waals surface area contributed by atoms with Crippen LogP contribution in [0.25, 0.3) is 0 Å². The average molecular weight is 367 g/mol. The van der Waals surface area contributed by atoms with Gasteiger partial charge in [-0.1, -0.05) is 67.1 Å². The van der Waals surface area contributed by atoms with Gasteiger partial charge < -0.3 is 4.57 Å². The van der Waals surface area contributed by atoms with Crippen LogP contribution < -0.4 is 0 Å². The molecule has 0 N–H and O–H groups in total. The Bertz CT molecular complexity index is 783. The van der Waals surface area contributed by atoms with E-state index in [1.165, 1.54) is 17.5 Å². The zero-order valence-corrected chi connectivity index (χ0v) is 16.2. The minimum atomic E-state index is 0.263. The summed E-state index contributed by atoms with van der Waals surface area (Å²) in [5.74, 6) is 0. The molecule has 1 unspecified atom stereocenters. The summed E-state index contributed by atoms with van der Waals surface area (Å²) in [6.45, 7) is 3.43. The van der Waals surface area contributed by atoms with Crippen molar-refractivity contribution in [3.05, 3.63) is 89.5 Å². The van der Waals surface area contributed by atoms with Crippen molar-refractivity contribution in [2.75, 3.05) is 0 Å². The Hall–Kier alpha value is -2.06. The van der Waals surface area contributed by atoms with Crippen molar-refractivity contribution in [3.63, 3.8) is 0 Å². The summed E-state index contributed by atoms with van der Waals surface area (Å²) in [5.41, 5.74) is 2.93. The van der Waals surface area contributed by atoms with Gasteiger partial charge in [0.1, 0.15) is 0 Å². The molecule has 0 radical (unpaired) electrons. The zero-order chi connectivity index (χ0) is 18.2. The molecule has 1 heterocycles. The molecule has 0 fully saturated rings. The first-order valence-corrected chi connectivity index (χ1v) is 9.76. The molecule has 1 aromatic heterocycles. The molecular weight excluding hydrogens is 340 g/mol. The molecule has 0 bridgehead atoms. The lowest BCUT2D eigenvalue weighted by Gasteiger charge is -2.30. The number of benzene rings is 2. The molecule has 0 amide bonds. The highest BCUT2D eigenvalue weighted by Crippen LogP contribution is 2.35. The molecule has 0 aliphatic carbocycles. The predicted molar refractivity (Wildman–Crippen MR) is 109 cm³/mol. The molecule has 0 aliphatic rings. The number of rotatable bonds is 9. The van der Waals surface area contributed by atoms with E-state index < -0.39 is 0 Å². The van der Waals surface area contributed by atoms with Gasteiger partial charge in [0.15, 0.2) is 0 Å². The number of nitrogens with zero attached hydrogens (tertiary/aromatic N) is 2. The number of aromatic nitrogens is 2. The number of imidazole rings is 1. The quantitative estimate of drug-likeness (QED) is 0.441. The van der Waals surface area contributed by atoms with E-state index >= 15 is 0 Å². The molecular formula is C23H27ClN2. The van der Waals surface area contributed by atoms with Crippen molar-refractivity contribution < 1.29 is 0 Å². The van der Waals surface area contributed by atoms with E-state index in [4.69, 9.17) is 11.6 Å². The van der Waals surface area contributed by atoms with Gasteiger partial charge in [0.25, 0.3) is 0 Å². The van der Waals surface area contributed by atoms with Crippen molar-refractivity contribution in [2.24, 2.45) is 5.41 Å². The second kappa shape index (κ2) is 9.05. The van der Waals surface area contributed by atoms with Gasteiger partial charge in [-0.05, 0) is 54.7 Å². The van der Waals surface area contributed by atoms with E-state index in [2.05, 4.69) is 58.9 Å². The van der Waals surface area contributed by atoms with Crippen LogP contribution in [0.1, 0.15) is 37.3 Å². The van der Waals surface area contributed by atoms with Crippen molar-refractivity contribution >= 4 is 11.6 Å². The fraction of sp³-hybridized carbons (Fsp3) is 0.348. The first-order chi connectivity index (χ1) is 12.6. The van der Waals surface area contributed by atoms with Crippen LogP contribution in [0, 0.1) is 5.41 Å². The molecule has 3 aromatic rings. The van der Waals surface area contributed by atoms with Crippen LogP contribution in [0.5, 0.6) is 0 Å². The lowest BCUT2D eigenvalue weighted by molar-refractivity contribution is 0.236. The molecule has 3 heteroatoms. The average Bonchev–Trinajstić information content (AvgIpc) is 3.19. The number of hydrogen-bond donors (Lipinski definition) is 0. The maximum Gasteiger partial charge on any atom is 0.0945 e. The number of hydrogen-bond acceptors (Lipinski definition) is 1. The highest BCUT2D eigenvalue weighted by Gasteiger charge is 2.24. The normalized spacial score (nSPS) is 13.5. The third-order valence-electron chi connectivity index (χ3n) is 5.35. The Morgan fingerprint density at radius 1 is 0.923 bits per heavy atom. The highest BCUT2D eigenvalue weighted by atomic mass is 35.5. The van der Waals surface area contributed by atoms with Crippen molar-refractivity contribution in [2.45, 2.75) is 45.6 Å². The topological polar surface area (TPSA) is 17.8 Å². The Labute approximate surface area is 161 Å². The van der Waals surface area contributed by atoms with Crippen molar-refractivity contribution in [3.8, 4) is 0 Å². The van der Waals surface area contributed by atoms with Crippen LogP contribution in [-0.2, 0) is 19.4 Å². The summed E-state index contributed by atoms with van der Waals surface area (Å²) in [6, 6.07) is 19.0. The summed E-state index contributed by atoms with van der Waals surface area (Å²) in [4.78, 5) is 4.17. The van der Waals surface area contributed by atoms with E-state index in [0.29, 0.717) is 0 Å². The fourth-order valence-electron chi connectivity index (χ4n) is 3.42. The van der Waals surface area contributed by atoms with Crippen LogP contribution in [-0.4, -0.2) is 9.55 Å². The Kier molecular flexibility index (Phi) is 6.51. The summed E-state index contributed by atoms with van der Waals surface area (Å²) in [6.07, 6.45) is 11.4. The molecule has 0 spiro atoms. The maximum absolute atomic E-state index is 6.37. The number of halogens is 1. The predicted octanol–water partition coefficient (Wildman–Crippen LogP) is 6.20. The van der Waals surface area contributed by atoms with Crippen molar-refractivity contribution in [1.82, 2.24) is 9.55 Å². The highest BCUT2D eigenvalue weighted by molar-refractivity contribution is 6.31. The summed E-state index contributed by atoms with van der Waals surface area (Å²) in [5, 5.41) is 0.882. The largest absolute Gasteiger partial charge is 0.337 e. The van der Waals surface area contributed by atoms with Crippen LogP contribution >= 0.6 is 11.6 Å². The maximum atomic E-state index is 6.37. The van der Waals surface area contributed by atoms with Crippen LogP contribution in [0.2, 0.25) is 5.02 Å². The standard InChI is InChI=1S/C23H27ClN2/c1-23(15-17-26-18-16-25-19-26,13-11-20-7-3-2-4-8-20)14-12-21-9-5-6-10-22(21)24/h2-10,16,18-19H,11-15,17H2,1H3. The zero-order valence-electron chi connectivity index (χ0n) is 15.4. The molecule has 2 aromatic carbocycles.